The lowest BCUT2D eigenvalue weighted by Gasteiger charge is -2.11. The van der Waals surface area contributed by atoms with Crippen LogP contribution >= 0.6 is 0 Å². The van der Waals surface area contributed by atoms with Gasteiger partial charge in [-0.3, -0.25) is 9.52 Å². The van der Waals surface area contributed by atoms with Crippen LogP contribution in [0.5, 0.6) is 17.2 Å². The normalized spacial score (nSPS) is 11.7. The van der Waals surface area contributed by atoms with E-state index >= 15 is 0 Å². The molecule has 0 aliphatic carbocycles. The van der Waals surface area contributed by atoms with Gasteiger partial charge in [0.15, 0.2) is 17.3 Å². The molecule has 0 bridgehead atoms. The van der Waals surface area contributed by atoms with Gasteiger partial charge in [0.2, 0.25) is 21.2 Å². The number of aryl methyl sites for hydroxylation is 1. The summed E-state index contributed by atoms with van der Waals surface area (Å²) in [6, 6.07) is 21.4. The topological polar surface area (TPSA) is 137 Å². The molecule has 9 heteroatoms. The number of rotatable bonds is 6. The van der Waals surface area contributed by atoms with Crippen LogP contribution in [0.1, 0.15) is 5.56 Å². The largest absolute Gasteiger partial charge is 0.504 e. The molecule has 0 aliphatic rings. The van der Waals surface area contributed by atoms with Crippen molar-refractivity contribution in [2.45, 2.75) is 6.42 Å². The van der Waals surface area contributed by atoms with Crippen LogP contribution in [-0.2, 0) is 16.4 Å². The van der Waals surface area contributed by atoms with Gasteiger partial charge in [-0.05, 0) is 59.2 Å². The number of fused-ring (bicyclic) bond motifs is 2. The van der Waals surface area contributed by atoms with E-state index in [-0.39, 0.29) is 39.5 Å². The van der Waals surface area contributed by atoms with Gasteiger partial charge >= 0.3 is 0 Å². The maximum Gasteiger partial charge on any atom is 0.235 e. The van der Waals surface area contributed by atoms with Gasteiger partial charge in [-0.2, -0.15) is 0 Å². The van der Waals surface area contributed by atoms with Gasteiger partial charge in [-0.25, -0.2) is 8.42 Å². The zero-order valence-electron chi connectivity index (χ0n) is 18.8. The van der Waals surface area contributed by atoms with Crippen LogP contribution in [0.4, 0.5) is 5.69 Å². The average Bonchev–Trinajstić information content (AvgIpc) is 2.87. The molecule has 0 fully saturated rings. The van der Waals surface area contributed by atoms with Crippen molar-refractivity contribution in [3.8, 4) is 28.6 Å². The van der Waals surface area contributed by atoms with Crippen LogP contribution < -0.4 is 10.2 Å². The van der Waals surface area contributed by atoms with Crippen molar-refractivity contribution < 1.29 is 28.2 Å². The molecule has 1 aromatic heterocycles. The Morgan fingerprint density at radius 1 is 0.806 bits per heavy atom. The Morgan fingerprint density at radius 3 is 2.39 bits per heavy atom. The van der Waals surface area contributed by atoms with Crippen molar-refractivity contribution in [3.63, 3.8) is 0 Å². The monoisotopic (exact) mass is 503 g/mol. The number of hydrogen-bond donors (Lipinski definition) is 4. The summed E-state index contributed by atoms with van der Waals surface area (Å²) < 4.78 is 33.7. The van der Waals surface area contributed by atoms with Crippen molar-refractivity contribution in [3.05, 3.63) is 94.6 Å². The highest BCUT2D eigenvalue weighted by Gasteiger charge is 2.18. The number of nitrogens with one attached hydrogen (secondary N) is 1. The summed E-state index contributed by atoms with van der Waals surface area (Å²) in [6.45, 7) is 0. The summed E-state index contributed by atoms with van der Waals surface area (Å²) in [7, 11) is -3.75. The van der Waals surface area contributed by atoms with Gasteiger partial charge < -0.3 is 19.7 Å². The number of sulfonamides is 1. The van der Waals surface area contributed by atoms with E-state index in [1.807, 2.05) is 42.5 Å². The first-order chi connectivity index (χ1) is 17.2. The molecule has 0 saturated carbocycles. The summed E-state index contributed by atoms with van der Waals surface area (Å²) in [4.78, 5) is 12.8. The number of aromatic hydroxyl groups is 3. The van der Waals surface area contributed by atoms with Crippen LogP contribution in [-0.4, -0.2) is 29.5 Å². The van der Waals surface area contributed by atoms with Gasteiger partial charge in [0.1, 0.15) is 5.58 Å². The van der Waals surface area contributed by atoms with Crippen molar-refractivity contribution in [2.75, 3.05) is 10.5 Å². The third-order valence-electron chi connectivity index (χ3n) is 5.90. The van der Waals surface area contributed by atoms with E-state index in [2.05, 4.69) is 4.72 Å². The first-order valence-electron chi connectivity index (χ1n) is 11.0. The van der Waals surface area contributed by atoms with Crippen LogP contribution in [0.3, 0.4) is 0 Å². The molecule has 8 nitrogen and oxygen atoms in total. The molecule has 0 aliphatic heterocycles. The molecule has 4 aromatic carbocycles. The SMILES string of the molecule is O=c1c(O)c(-c2ccc(O)c(O)c2)oc2ccc(NS(=O)(=O)CCc3cccc4ccccc34)cc12. The fourth-order valence-electron chi connectivity index (χ4n) is 4.09. The Hall–Kier alpha value is -4.50. The highest BCUT2D eigenvalue weighted by atomic mass is 32.2. The maximum absolute atomic E-state index is 12.8. The maximum atomic E-state index is 12.8. The van der Waals surface area contributed by atoms with Crippen molar-refractivity contribution >= 4 is 37.5 Å². The van der Waals surface area contributed by atoms with Gasteiger partial charge in [0.25, 0.3) is 0 Å². The Morgan fingerprint density at radius 2 is 1.58 bits per heavy atom. The van der Waals surface area contributed by atoms with E-state index < -0.39 is 27.0 Å². The summed E-state index contributed by atoms with van der Waals surface area (Å²) in [5.41, 5.74) is 0.590. The fourth-order valence-corrected chi connectivity index (χ4v) is 5.17. The minimum absolute atomic E-state index is 0.0199. The molecule has 182 valence electrons. The number of phenolic OH excluding ortho intramolecular Hbond substituents is 2. The lowest BCUT2D eigenvalue weighted by atomic mass is 10.0. The molecule has 0 unspecified atom stereocenters. The highest BCUT2D eigenvalue weighted by Crippen LogP contribution is 2.35. The van der Waals surface area contributed by atoms with Crippen molar-refractivity contribution in [1.82, 2.24) is 0 Å². The lowest BCUT2D eigenvalue weighted by Crippen LogP contribution is -2.18. The van der Waals surface area contributed by atoms with Crippen LogP contribution in [0.25, 0.3) is 33.1 Å². The van der Waals surface area contributed by atoms with Crippen molar-refractivity contribution in [2.24, 2.45) is 0 Å². The molecule has 4 N–H and O–H groups in total. The Kier molecular flexibility index (Phi) is 5.77. The number of anilines is 1. The standard InChI is InChI=1S/C27H21NO7S/c29-22-10-8-18(14-23(22)30)27-26(32)25(31)21-15-19(9-11-24(21)35-27)28-36(33,34)13-12-17-6-3-5-16-4-1-2-7-20(16)17/h1-11,14-15,28-30,32H,12-13H2. The number of phenols is 2. The molecule has 0 spiro atoms. The first-order valence-corrected chi connectivity index (χ1v) is 12.7. The summed E-state index contributed by atoms with van der Waals surface area (Å²) in [5, 5.41) is 31.7. The fraction of sp³-hybridized carbons (Fsp3) is 0.0741. The van der Waals surface area contributed by atoms with E-state index in [1.54, 1.807) is 0 Å². The van der Waals surface area contributed by atoms with E-state index in [1.165, 1.54) is 30.3 Å². The molecule has 0 radical (unpaired) electrons. The summed E-state index contributed by atoms with van der Waals surface area (Å²) in [5.74, 6) is -1.86. The van der Waals surface area contributed by atoms with E-state index in [9.17, 15) is 28.5 Å². The quantitative estimate of drug-likeness (QED) is 0.246. The minimum Gasteiger partial charge on any atom is -0.504 e. The Labute approximate surface area is 205 Å². The van der Waals surface area contributed by atoms with Crippen LogP contribution in [0, 0.1) is 0 Å². The highest BCUT2D eigenvalue weighted by molar-refractivity contribution is 7.92. The first kappa shape index (κ1) is 23.3. The zero-order valence-corrected chi connectivity index (χ0v) is 19.6. The summed E-state index contributed by atoms with van der Waals surface area (Å²) >= 11 is 0. The molecule has 0 amide bonds. The molecule has 0 atom stereocenters. The molecule has 0 saturated heterocycles. The van der Waals surface area contributed by atoms with E-state index in [0.29, 0.717) is 6.42 Å². The number of hydrogen-bond acceptors (Lipinski definition) is 7. The lowest BCUT2D eigenvalue weighted by molar-refractivity contribution is 0.403. The number of benzene rings is 4. The smallest absolute Gasteiger partial charge is 0.235 e. The van der Waals surface area contributed by atoms with Gasteiger partial charge in [-0.1, -0.05) is 42.5 Å². The third-order valence-corrected chi connectivity index (χ3v) is 7.19. The molecule has 5 rings (SSSR count). The van der Waals surface area contributed by atoms with E-state index in [0.717, 1.165) is 22.4 Å². The second kappa shape index (κ2) is 8.94. The molecule has 5 aromatic rings. The molecular weight excluding hydrogens is 482 g/mol. The third kappa shape index (κ3) is 4.44. The van der Waals surface area contributed by atoms with Gasteiger partial charge in [0, 0.05) is 11.3 Å². The zero-order chi connectivity index (χ0) is 25.4. The Balaban J connectivity index is 1.41. The van der Waals surface area contributed by atoms with Crippen molar-refractivity contribution in [1.29, 1.82) is 0 Å². The predicted molar refractivity (Wildman–Crippen MR) is 138 cm³/mol. The van der Waals surface area contributed by atoms with Gasteiger partial charge in [-0.15, -0.1) is 0 Å². The molecule has 36 heavy (non-hydrogen) atoms. The van der Waals surface area contributed by atoms with Gasteiger partial charge in [0.05, 0.1) is 11.1 Å². The second-order valence-corrected chi connectivity index (χ2v) is 10.2. The average molecular weight is 504 g/mol. The molecule has 1 heterocycles. The second-order valence-electron chi connectivity index (χ2n) is 8.33. The molecular formula is C27H21NO7S. The van der Waals surface area contributed by atoms with E-state index in [4.69, 9.17) is 4.42 Å². The Bertz CT molecular complexity index is 1790. The minimum atomic E-state index is -3.75. The predicted octanol–water partition coefficient (Wildman–Crippen LogP) is 4.71. The van der Waals surface area contributed by atoms with Crippen LogP contribution in [0.2, 0.25) is 0 Å². The summed E-state index contributed by atoms with van der Waals surface area (Å²) in [6.07, 6.45) is 0.302. The van der Waals surface area contributed by atoms with Crippen LogP contribution in [0.15, 0.2) is 88.1 Å².